The molecule has 0 saturated carbocycles. The van der Waals surface area contributed by atoms with E-state index in [1.165, 1.54) is 0 Å². The number of hydrogen-bond acceptors (Lipinski definition) is 2. The van der Waals surface area contributed by atoms with Gasteiger partial charge in [-0.05, 0) is 12.7 Å². The van der Waals surface area contributed by atoms with Gasteiger partial charge in [-0.1, -0.05) is 26.6 Å². The molecule has 0 atom stereocenters. The number of rotatable bonds is 5. The smallest absolute Gasteiger partial charge is 0.306 e. The first-order valence-corrected chi connectivity index (χ1v) is 2.77. The Morgan fingerprint density at radius 2 is 2.10 bits per heavy atom. The fourth-order valence-electron chi connectivity index (χ4n) is 0.443. The molecule has 0 saturated heterocycles. The molecule has 0 aromatic heterocycles. The SMILES string of the molecule is [2H]OC(=O)C(C([2H])([2H])C([2H])([2H])C)C([2H])([2H])C([2H])([2H])C. The number of hydrogen-bond donors (Lipinski definition) is 1. The second kappa shape index (κ2) is 5.27. The van der Waals surface area contributed by atoms with Crippen LogP contribution in [0.25, 0.3) is 1.43 Å². The van der Waals surface area contributed by atoms with Crippen LogP contribution >= 0.6 is 0 Å². The minimum Gasteiger partial charge on any atom is -0.481 e. The summed E-state index contributed by atoms with van der Waals surface area (Å²) in [5.41, 5.74) is 0. The first kappa shape index (κ1) is 2.23. The molecule has 0 aromatic rings. The van der Waals surface area contributed by atoms with E-state index in [4.69, 9.17) is 12.4 Å². The van der Waals surface area contributed by atoms with Gasteiger partial charge in [0.05, 0.1) is 5.92 Å². The van der Waals surface area contributed by atoms with E-state index in [-0.39, 0.29) is 0 Å². The monoisotopic (exact) mass is 153 g/mol. The minimum absolute atomic E-state index is 0.804. The molecule has 10 heavy (non-hydrogen) atoms. The number of carboxylic acids is 1. The Morgan fingerprint density at radius 1 is 1.60 bits per heavy atom. The van der Waals surface area contributed by atoms with Crippen LogP contribution in [0.4, 0.5) is 0 Å². The summed E-state index contributed by atoms with van der Waals surface area (Å²) in [6.07, 6.45) is -11.4. The largest absolute Gasteiger partial charge is 0.481 e. The summed E-state index contributed by atoms with van der Waals surface area (Å²) >= 11 is 0. The van der Waals surface area contributed by atoms with Crippen molar-refractivity contribution in [2.45, 2.75) is 39.3 Å². The first-order valence-electron chi connectivity index (χ1n) is 7.18. The summed E-state index contributed by atoms with van der Waals surface area (Å²) in [7, 11) is 0. The molecule has 0 aliphatic heterocycles. The van der Waals surface area contributed by atoms with Crippen LogP contribution in [0.5, 0.6) is 0 Å². The van der Waals surface area contributed by atoms with Crippen LogP contribution in [-0.2, 0) is 4.79 Å². The van der Waals surface area contributed by atoms with Gasteiger partial charge in [0, 0.05) is 11.0 Å². The lowest BCUT2D eigenvalue weighted by Crippen LogP contribution is -2.12. The predicted octanol–water partition coefficient (Wildman–Crippen LogP) is 2.29. The second-order valence-corrected chi connectivity index (χ2v) is 1.54. The van der Waals surface area contributed by atoms with Crippen LogP contribution in [0.1, 0.15) is 50.3 Å². The fourth-order valence-corrected chi connectivity index (χ4v) is 0.443. The van der Waals surface area contributed by atoms with Gasteiger partial charge in [0.25, 0.3) is 1.43 Å². The van der Waals surface area contributed by atoms with Gasteiger partial charge in [-0.3, -0.25) is 4.79 Å². The average molecular weight is 153 g/mol. The highest BCUT2D eigenvalue weighted by molar-refractivity contribution is 5.69. The molecule has 0 spiro atoms. The lowest BCUT2D eigenvalue weighted by atomic mass is 9.99. The molecule has 0 fully saturated rings. The molecule has 0 unspecified atom stereocenters. The molecule has 0 aliphatic rings. The van der Waals surface area contributed by atoms with Crippen molar-refractivity contribution in [3.8, 4) is 0 Å². The summed E-state index contributed by atoms with van der Waals surface area (Å²) in [6, 6.07) is 0. The van der Waals surface area contributed by atoms with Crippen molar-refractivity contribution in [1.29, 1.82) is 1.43 Å². The Balaban J connectivity index is 5.95. The maximum atomic E-state index is 11.5. The van der Waals surface area contributed by atoms with Gasteiger partial charge in [-0.2, -0.15) is 0 Å². The summed E-state index contributed by atoms with van der Waals surface area (Å²) in [6.45, 7) is 1.61. The van der Waals surface area contributed by atoms with Crippen LogP contribution < -0.4 is 0 Å². The lowest BCUT2D eigenvalue weighted by molar-refractivity contribution is -0.142. The topological polar surface area (TPSA) is 37.3 Å². The van der Waals surface area contributed by atoms with Gasteiger partial charge in [-0.25, -0.2) is 0 Å². The third-order valence-electron chi connectivity index (χ3n) is 0.813. The van der Waals surface area contributed by atoms with Gasteiger partial charge in [0.15, 0.2) is 0 Å². The molecule has 0 rings (SSSR count). The highest BCUT2D eigenvalue weighted by Gasteiger charge is 2.13. The van der Waals surface area contributed by atoms with Gasteiger partial charge in [-0.15, -0.1) is 0 Å². The van der Waals surface area contributed by atoms with Crippen LogP contribution in [0.2, 0.25) is 0 Å². The van der Waals surface area contributed by atoms with Crippen LogP contribution in [0.15, 0.2) is 0 Å². The highest BCUT2D eigenvalue weighted by Crippen LogP contribution is 2.12. The molecule has 0 bridgehead atoms. The zero-order valence-electron chi connectivity index (χ0n) is 14.9. The molecule has 0 heterocycles. The van der Waals surface area contributed by atoms with Crippen molar-refractivity contribution in [2.24, 2.45) is 5.92 Å². The summed E-state index contributed by atoms with van der Waals surface area (Å²) < 4.78 is 66.3. The Bertz CT molecular complexity index is 315. The molecule has 2 heteroatoms. The minimum atomic E-state index is -3.06. The van der Waals surface area contributed by atoms with E-state index in [1.54, 1.807) is 0 Å². The summed E-state index contributed by atoms with van der Waals surface area (Å²) in [5, 5.41) is 3.57. The van der Waals surface area contributed by atoms with E-state index < -0.39 is 37.4 Å². The lowest BCUT2D eigenvalue weighted by Gasteiger charge is -2.07. The van der Waals surface area contributed by atoms with Gasteiger partial charge >= 0.3 is 5.97 Å². The number of aliphatic carboxylic acids is 1. The van der Waals surface area contributed by atoms with E-state index >= 15 is 0 Å². The van der Waals surface area contributed by atoms with Crippen molar-refractivity contribution in [3.05, 3.63) is 0 Å². The molecule has 60 valence electrons. The molecule has 0 radical (unpaired) electrons. The molecule has 2 nitrogen and oxygen atoms in total. The third-order valence-corrected chi connectivity index (χ3v) is 0.813. The molecule has 0 amide bonds. The van der Waals surface area contributed by atoms with Gasteiger partial charge < -0.3 is 5.11 Å². The predicted molar refractivity (Wildman–Crippen MR) is 40.9 cm³/mol. The maximum absolute atomic E-state index is 11.5. The van der Waals surface area contributed by atoms with E-state index in [2.05, 4.69) is 5.11 Å². The van der Waals surface area contributed by atoms with E-state index in [0.29, 0.717) is 0 Å². The number of carbonyl (C=O) groups is 1. The molecule has 1 N–H and O–H groups in total. The highest BCUT2D eigenvalue weighted by atomic mass is 16.4. The normalized spacial score (nSPS) is 28.9. The first-order chi connectivity index (χ1) is 8.10. The molecule has 0 aliphatic carbocycles. The van der Waals surface area contributed by atoms with Crippen LogP contribution in [-0.4, -0.2) is 11.1 Å². The zero-order chi connectivity index (χ0) is 15.9. The van der Waals surface area contributed by atoms with Crippen LogP contribution in [0, 0.1) is 5.92 Å². The van der Waals surface area contributed by atoms with Gasteiger partial charge in [0.2, 0.25) is 0 Å². The van der Waals surface area contributed by atoms with Crippen molar-refractivity contribution < 1.29 is 20.9 Å². The Hall–Kier alpha value is -0.530. The fraction of sp³-hybridized carbons (Fsp3) is 0.875. The molecular formula is C8H16O2. The van der Waals surface area contributed by atoms with E-state index in [9.17, 15) is 4.79 Å². The van der Waals surface area contributed by atoms with Crippen molar-refractivity contribution in [1.82, 2.24) is 0 Å². The second-order valence-electron chi connectivity index (χ2n) is 1.54. The average Bonchev–Trinajstić information content (AvgIpc) is 2.12. The van der Waals surface area contributed by atoms with Gasteiger partial charge in [0.1, 0.15) is 0 Å². The maximum Gasteiger partial charge on any atom is 0.306 e. The Kier molecular flexibility index (Phi) is 1.17. The third kappa shape index (κ3) is 3.49. The van der Waals surface area contributed by atoms with E-state index in [0.717, 1.165) is 13.8 Å². The number of carboxylic acid groups (broad SMARTS) is 1. The summed E-state index contributed by atoms with van der Waals surface area (Å²) in [5.74, 6) is -4.08. The van der Waals surface area contributed by atoms with Crippen LogP contribution in [0.3, 0.4) is 0 Å². The Labute approximate surface area is 75.0 Å². The summed E-state index contributed by atoms with van der Waals surface area (Å²) in [4.78, 5) is 11.5. The molecule has 0 aromatic carbocycles. The Morgan fingerprint density at radius 3 is 2.40 bits per heavy atom. The standard InChI is InChI=1S/C8H16O2/c1-3-5-7(6-4-2)8(9)10/h7H,3-6H2,1-2H3,(H,9,10)/i3D2,4D2,5D2,6D2/hD. The van der Waals surface area contributed by atoms with Crippen molar-refractivity contribution in [3.63, 3.8) is 0 Å². The van der Waals surface area contributed by atoms with Crippen molar-refractivity contribution in [2.75, 3.05) is 0 Å². The zero-order valence-corrected chi connectivity index (χ0v) is 5.89. The van der Waals surface area contributed by atoms with Crippen molar-refractivity contribution >= 4 is 5.97 Å². The molecular weight excluding hydrogens is 128 g/mol. The quantitative estimate of drug-likeness (QED) is 0.658. The van der Waals surface area contributed by atoms with E-state index in [1.807, 2.05) is 0 Å².